The van der Waals surface area contributed by atoms with Crippen molar-refractivity contribution < 1.29 is 14.7 Å². The van der Waals surface area contributed by atoms with Gasteiger partial charge in [-0.15, -0.1) is 0 Å². The number of hydrogen-bond acceptors (Lipinski definition) is 3. The first kappa shape index (κ1) is 15.8. The molecule has 20 heavy (non-hydrogen) atoms. The number of nitrogens with one attached hydrogen (secondary N) is 1. The largest absolute Gasteiger partial charge is 0.480 e. The fraction of sp³-hybridized carbons (Fsp3) is 0.333. The molecule has 1 aromatic carbocycles. The highest BCUT2D eigenvalue weighted by Gasteiger charge is 2.24. The van der Waals surface area contributed by atoms with Crippen molar-refractivity contribution in [3.05, 3.63) is 35.9 Å². The van der Waals surface area contributed by atoms with Gasteiger partial charge in [0, 0.05) is 11.8 Å². The van der Waals surface area contributed by atoms with Gasteiger partial charge in [0.05, 0.1) is 0 Å². The summed E-state index contributed by atoms with van der Waals surface area (Å²) in [6.45, 7) is 3.68. The van der Waals surface area contributed by atoms with Crippen molar-refractivity contribution in [2.75, 3.05) is 5.73 Å². The number of nitrogen functional groups attached to an aromatic ring is 1. The van der Waals surface area contributed by atoms with E-state index in [2.05, 4.69) is 5.32 Å². The van der Waals surface area contributed by atoms with Gasteiger partial charge in [0.2, 0.25) is 5.91 Å². The molecule has 0 spiro atoms. The molecule has 2 atom stereocenters. The Morgan fingerprint density at radius 2 is 2.15 bits per heavy atom. The first-order valence-corrected chi connectivity index (χ1v) is 6.51. The smallest absolute Gasteiger partial charge is 0.326 e. The Kier molecular flexibility index (Phi) is 5.77. The lowest BCUT2D eigenvalue weighted by Gasteiger charge is -2.19. The third-order valence-corrected chi connectivity index (χ3v) is 3.11. The number of amides is 1. The average molecular weight is 276 g/mol. The van der Waals surface area contributed by atoms with E-state index in [1.807, 2.05) is 13.0 Å². The van der Waals surface area contributed by atoms with Gasteiger partial charge in [-0.1, -0.05) is 32.4 Å². The van der Waals surface area contributed by atoms with Crippen molar-refractivity contribution in [2.45, 2.75) is 26.3 Å². The normalized spacial score (nSPS) is 13.9. The second-order valence-corrected chi connectivity index (χ2v) is 4.71. The molecule has 1 aromatic rings. The van der Waals surface area contributed by atoms with Crippen molar-refractivity contribution in [3.8, 4) is 0 Å². The van der Waals surface area contributed by atoms with Crippen LogP contribution in [0, 0.1) is 5.92 Å². The Hall–Kier alpha value is -2.30. The number of carboxylic acids is 1. The van der Waals surface area contributed by atoms with Crippen LogP contribution in [0.2, 0.25) is 0 Å². The van der Waals surface area contributed by atoms with E-state index < -0.39 is 17.9 Å². The van der Waals surface area contributed by atoms with Crippen molar-refractivity contribution >= 4 is 23.6 Å². The maximum absolute atomic E-state index is 11.7. The second kappa shape index (κ2) is 7.33. The van der Waals surface area contributed by atoms with Gasteiger partial charge in [0.15, 0.2) is 0 Å². The second-order valence-electron chi connectivity index (χ2n) is 4.71. The molecule has 1 amide bonds. The molecule has 0 saturated carbocycles. The maximum atomic E-state index is 11.7. The fourth-order valence-corrected chi connectivity index (χ4v) is 1.72. The highest BCUT2D eigenvalue weighted by Crippen LogP contribution is 2.09. The molecular formula is C15H20N2O3. The predicted octanol–water partition coefficient (Wildman–Crippen LogP) is 1.90. The molecule has 1 rings (SSSR count). The van der Waals surface area contributed by atoms with E-state index in [-0.39, 0.29) is 5.92 Å². The van der Waals surface area contributed by atoms with E-state index >= 15 is 0 Å². The minimum Gasteiger partial charge on any atom is -0.480 e. The van der Waals surface area contributed by atoms with E-state index in [1.165, 1.54) is 6.08 Å². The average Bonchev–Trinajstić information content (AvgIpc) is 2.41. The zero-order valence-corrected chi connectivity index (χ0v) is 11.7. The zero-order chi connectivity index (χ0) is 15.1. The minimum atomic E-state index is -1.02. The predicted molar refractivity (Wildman–Crippen MR) is 78.9 cm³/mol. The van der Waals surface area contributed by atoms with E-state index in [0.29, 0.717) is 12.1 Å². The SMILES string of the molecule is CCC(C)[C@H](NC(=O)/C=C/c1cccc(N)c1)C(=O)O. The summed E-state index contributed by atoms with van der Waals surface area (Å²) in [4.78, 5) is 22.8. The summed E-state index contributed by atoms with van der Waals surface area (Å²) in [7, 11) is 0. The standard InChI is InChI=1S/C15H20N2O3/c1-3-10(2)14(15(19)20)17-13(18)8-7-11-5-4-6-12(16)9-11/h4-10,14H,3,16H2,1-2H3,(H,17,18)(H,19,20)/b8-7+/t10?,14-/m0/s1. The molecule has 0 bridgehead atoms. The summed E-state index contributed by atoms with van der Waals surface area (Å²) in [5.41, 5.74) is 7.03. The molecule has 0 aromatic heterocycles. The minimum absolute atomic E-state index is 0.128. The van der Waals surface area contributed by atoms with Gasteiger partial charge < -0.3 is 16.2 Å². The number of nitrogens with two attached hydrogens (primary N) is 1. The van der Waals surface area contributed by atoms with Crippen LogP contribution in [0.4, 0.5) is 5.69 Å². The molecule has 1 unspecified atom stereocenters. The first-order chi connectivity index (χ1) is 9.43. The Labute approximate surface area is 118 Å². The van der Waals surface area contributed by atoms with Gasteiger partial charge >= 0.3 is 5.97 Å². The van der Waals surface area contributed by atoms with Gasteiger partial charge in [0.25, 0.3) is 0 Å². The van der Waals surface area contributed by atoms with Crippen LogP contribution in [0.15, 0.2) is 30.3 Å². The van der Waals surface area contributed by atoms with Gasteiger partial charge in [-0.25, -0.2) is 4.79 Å². The van der Waals surface area contributed by atoms with Crippen molar-refractivity contribution in [1.29, 1.82) is 0 Å². The Balaban J connectivity index is 2.68. The van der Waals surface area contributed by atoms with E-state index in [0.717, 1.165) is 5.56 Å². The lowest BCUT2D eigenvalue weighted by atomic mass is 9.99. The summed E-state index contributed by atoms with van der Waals surface area (Å²) in [6.07, 6.45) is 3.59. The molecule has 5 nitrogen and oxygen atoms in total. The van der Waals surface area contributed by atoms with E-state index in [1.54, 1.807) is 31.2 Å². The lowest BCUT2D eigenvalue weighted by molar-refractivity contribution is -0.142. The molecule has 4 N–H and O–H groups in total. The van der Waals surface area contributed by atoms with Crippen LogP contribution in [0.1, 0.15) is 25.8 Å². The number of aliphatic carboxylic acids is 1. The number of carboxylic acid groups (broad SMARTS) is 1. The summed E-state index contributed by atoms with van der Waals surface area (Å²) >= 11 is 0. The van der Waals surface area contributed by atoms with Crippen LogP contribution >= 0.6 is 0 Å². The lowest BCUT2D eigenvalue weighted by Crippen LogP contribution is -2.44. The number of benzene rings is 1. The van der Waals surface area contributed by atoms with Crippen LogP contribution in [-0.2, 0) is 9.59 Å². The summed E-state index contributed by atoms with van der Waals surface area (Å²) < 4.78 is 0. The number of carbonyl (C=O) groups excluding carboxylic acids is 1. The summed E-state index contributed by atoms with van der Waals surface area (Å²) in [5.74, 6) is -1.58. The number of hydrogen-bond donors (Lipinski definition) is 3. The molecule has 0 saturated heterocycles. The van der Waals surface area contributed by atoms with Crippen molar-refractivity contribution in [2.24, 2.45) is 5.92 Å². The van der Waals surface area contributed by atoms with Crippen LogP contribution in [0.25, 0.3) is 6.08 Å². The number of anilines is 1. The van der Waals surface area contributed by atoms with E-state index in [9.17, 15) is 9.59 Å². The van der Waals surface area contributed by atoms with Crippen LogP contribution in [-0.4, -0.2) is 23.0 Å². The zero-order valence-electron chi connectivity index (χ0n) is 11.7. The Morgan fingerprint density at radius 3 is 2.70 bits per heavy atom. The van der Waals surface area contributed by atoms with Gasteiger partial charge in [0.1, 0.15) is 6.04 Å². The highest BCUT2D eigenvalue weighted by molar-refractivity contribution is 5.94. The Bertz CT molecular complexity index is 512. The van der Waals surface area contributed by atoms with Crippen LogP contribution < -0.4 is 11.1 Å². The monoisotopic (exact) mass is 276 g/mol. The summed E-state index contributed by atoms with van der Waals surface area (Å²) in [6, 6.07) is 6.20. The molecule has 0 radical (unpaired) electrons. The van der Waals surface area contributed by atoms with Crippen LogP contribution in [0.5, 0.6) is 0 Å². The third-order valence-electron chi connectivity index (χ3n) is 3.11. The topological polar surface area (TPSA) is 92.4 Å². The fourth-order valence-electron chi connectivity index (χ4n) is 1.72. The molecule has 0 aliphatic carbocycles. The van der Waals surface area contributed by atoms with Gasteiger partial charge in [-0.2, -0.15) is 0 Å². The first-order valence-electron chi connectivity index (χ1n) is 6.51. The van der Waals surface area contributed by atoms with E-state index in [4.69, 9.17) is 10.8 Å². The van der Waals surface area contributed by atoms with Gasteiger partial charge in [-0.05, 0) is 29.7 Å². The number of rotatable bonds is 6. The number of carbonyl (C=O) groups is 2. The summed E-state index contributed by atoms with van der Waals surface area (Å²) in [5, 5.41) is 11.6. The quantitative estimate of drug-likeness (QED) is 0.546. The van der Waals surface area contributed by atoms with Crippen LogP contribution in [0.3, 0.4) is 0 Å². The maximum Gasteiger partial charge on any atom is 0.326 e. The van der Waals surface area contributed by atoms with Gasteiger partial charge in [-0.3, -0.25) is 4.79 Å². The van der Waals surface area contributed by atoms with Crippen molar-refractivity contribution in [3.63, 3.8) is 0 Å². The molecule has 0 aliphatic heterocycles. The molecule has 108 valence electrons. The molecule has 0 fully saturated rings. The molecule has 0 heterocycles. The Morgan fingerprint density at radius 1 is 1.45 bits per heavy atom. The molecular weight excluding hydrogens is 256 g/mol. The third kappa shape index (κ3) is 4.76. The van der Waals surface area contributed by atoms with Crippen molar-refractivity contribution in [1.82, 2.24) is 5.32 Å². The highest BCUT2D eigenvalue weighted by atomic mass is 16.4. The molecule has 5 heteroatoms. The molecule has 0 aliphatic rings.